The quantitative estimate of drug-likeness (QED) is 0.839. The van der Waals surface area contributed by atoms with Gasteiger partial charge in [0.05, 0.1) is 0 Å². The number of hydrogen-bond donors (Lipinski definition) is 2. The number of fused-ring (bicyclic) bond motifs is 1. The summed E-state index contributed by atoms with van der Waals surface area (Å²) in [6.07, 6.45) is 2.88. The van der Waals surface area contributed by atoms with Crippen molar-refractivity contribution in [2.45, 2.75) is 38.8 Å². The Bertz CT molecular complexity index is 653. The lowest BCUT2D eigenvalue weighted by atomic mass is 9.98. The van der Waals surface area contributed by atoms with E-state index in [4.69, 9.17) is 5.73 Å². The van der Waals surface area contributed by atoms with E-state index < -0.39 is 6.04 Å². The fraction of sp³-hybridized carbons (Fsp3) is 0.471. The van der Waals surface area contributed by atoms with Crippen LogP contribution in [-0.4, -0.2) is 27.2 Å². The zero-order valence-corrected chi connectivity index (χ0v) is 13.4. The number of nitrogens with two attached hydrogens (primary N) is 1. The van der Waals surface area contributed by atoms with Crippen LogP contribution in [0.2, 0.25) is 0 Å². The van der Waals surface area contributed by atoms with Crippen molar-refractivity contribution < 1.29 is 4.79 Å². The molecule has 6 heteroatoms. The lowest BCUT2D eigenvalue weighted by Crippen LogP contribution is -2.38. The van der Waals surface area contributed by atoms with Crippen LogP contribution in [0.3, 0.4) is 0 Å². The fourth-order valence-electron chi connectivity index (χ4n) is 3.19. The molecule has 3 rings (SSSR count). The van der Waals surface area contributed by atoms with E-state index in [-0.39, 0.29) is 5.91 Å². The number of nitrogens with zero attached hydrogens (tertiary/aromatic N) is 3. The maximum absolute atomic E-state index is 11.8. The minimum Gasteiger partial charge on any atom is -0.368 e. The van der Waals surface area contributed by atoms with E-state index in [1.165, 1.54) is 0 Å². The first-order chi connectivity index (χ1) is 11.2. The number of aromatic nitrogens is 3. The van der Waals surface area contributed by atoms with E-state index >= 15 is 0 Å². The largest absolute Gasteiger partial charge is 0.368 e. The van der Waals surface area contributed by atoms with Gasteiger partial charge in [0.25, 0.3) is 0 Å². The Labute approximate surface area is 136 Å². The van der Waals surface area contributed by atoms with Gasteiger partial charge < -0.3 is 15.6 Å². The Hall–Kier alpha value is -2.21. The topological polar surface area (TPSA) is 85.8 Å². The SMILES string of the molecule is CCc1nnc2n1C[C@@H](CN[C@H](C(N)=O)c1ccccc1)CC2. The Kier molecular flexibility index (Phi) is 4.71. The molecule has 0 spiro atoms. The average Bonchev–Trinajstić information content (AvgIpc) is 2.98. The van der Waals surface area contributed by atoms with Gasteiger partial charge in [0.2, 0.25) is 5.91 Å². The predicted octanol–water partition coefficient (Wildman–Crippen LogP) is 1.22. The van der Waals surface area contributed by atoms with Crippen LogP contribution in [0, 0.1) is 5.92 Å². The Morgan fingerprint density at radius 1 is 1.39 bits per heavy atom. The molecule has 0 aliphatic carbocycles. The smallest absolute Gasteiger partial charge is 0.239 e. The number of rotatable bonds is 6. The van der Waals surface area contributed by atoms with Crippen LogP contribution < -0.4 is 11.1 Å². The highest BCUT2D eigenvalue weighted by molar-refractivity contribution is 5.81. The van der Waals surface area contributed by atoms with E-state index in [0.29, 0.717) is 5.92 Å². The van der Waals surface area contributed by atoms with Crippen LogP contribution >= 0.6 is 0 Å². The molecule has 0 saturated carbocycles. The van der Waals surface area contributed by atoms with Gasteiger partial charge in [-0.1, -0.05) is 37.3 Å². The lowest BCUT2D eigenvalue weighted by molar-refractivity contribution is -0.120. The first kappa shape index (κ1) is 15.7. The molecule has 0 bridgehead atoms. The molecule has 1 aromatic carbocycles. The molecule has 6 nitrogen and oxygen atoms in total. The Morgan fingerprint density at radius 2 is 2.17 bits per heavy atom. The van der Waals surface area contributed by atoms with Crippen molar-refractivity contribution in [3.8, 4) is 0 Å². The number of hydrogen-bond acceptors (Lipinski definition) is 4. The molecule has 1 amide bonds. The molecule has 23 heavy (non-hydrogen) atoms. The molecular weight excluding hydrogens is 290 g/mol. The van der Waals surface area contributed by atoms with Gasteiger partial charge in [-0.25, -0.2) is 0 Å². The summed E-state index contributed by atoms with van der Waals surface area (Å²) in [5, 5.41) is 11.8. The zero-order chi connectivity index (χ0) is 16.2. The number of primary amides is 1. The number of aryl methyl sites for hydroxylation is 2. The normalized spacial score (nSPS) is 18.4. The molecule has 0 radical (unpaired) electrons. The summed E-state index contributed by atoms with van der Waals surface area (Å²) in [7, 11) is 0. The molecule has 0 fully saturated rings. The van der Waals surface area contributed by atoms with Crippen LogP contribution in [-0.2, 0) is 24.2 Å². The van der Waals surface area contributed by atoms with Gasteiger partial charge in [0.15, 0.2) is 0 Å². The zero-order valence-electron chi connectivity index (χ0n) is 13.4. The van der Waals surface area contributed by atoms with Crippen LogP contribution in [0.5, 0.6) is 0 Å². The molecule has 1 aliphatic rings. The van der Waals surface area contributed by atoms with Crippen molar-refractivity contribution >= 4 is 5.91 Å². The number of carbonyl (C=O) groups is 1. The third-order valence-corrected chi connectivity index (χ3v) is 4.47. The average molecular weight is 313 g/mol. The number of nitrogens with one attached hydrogen (secondary N) is 1. The molecule has 3 N–H and O–H groups in total. The second-order valence-electron chi connectivity index (χ2n) is 6.06. The van der Waals surface area contributed by atoms with E-state index in [1.807, 2.05) is 30.3 Å². The van der Waals surface area contributed by atoms with Crippen molar-refractivity contribution in [2.75, 3.05) is 6.54 Å². The van der Waals surface area contributed by atoms with Crippen molar-refractivity contribution in [3.05, 3.63) is 47.5 Å². The van der Waals surface area contributed by atoms with Crippen molar-refractivity contribution in [3.63, 3.8) is 0 Å². The van der Waals surface area contributed by atoms with Crippen LogP contribution in [0.1, 0.15) is 36.6 Å². The second-order valence-corrected chi connectivity index (χ2v) is 6.06. The molecule has 2 heterocycles. The molecule has 1 aliphatic heterocycles. The highest BCUT2D eigenvalue weighted by Crippen LogP contribution is 2.21. The number of carbonyl (C=O) groups excluding carboxylic acids is 1. The third-order valence-electron chi connectivity index (χ3n) is 4.47. The van der Waals surface area contributed by atoms with Crippen molar-refractivity contribution in [1.82, 2.24) is 20.1 Å². The summed E-state index contributed by atoms with van der Waals surface area (Å²) in [5.41, 5.74) is 6.48. The van der Waals surface area contributed by atoms with Gasteiger partial charge in [-0.2, -0.15) is 0 Å². The van der Waals surface area contributed by atoms with Crippen LogP contribution in [0.25, 0.3) is 0 Å². The highest BCUT2D eigenvalue weighted by atomic mass is 16.1. The summed E-state index contributed by atoms with van der Waals surface area (Å²) < 4.78 is 2.22. The van der Waals surface area contributed by atoms with Gasteiger partial charge in [0, 0.05) is 25.9 Å². The van der Waals surface area contributed by atoms with Gasteiger partial charge in [-0.05, 0) is 17.9 Å². The minimum absolute atomic E-state index is 0.341. The molecule has 1 aromatic heterocycles. The van der Waals surface area contributed by atoms with Crippen LogP contribution in [0.4, 0.5) is 0 Å². The number of amides is 1. The summed E-state index contributed by atoms with van der Waals surface area (Å²) in [4.78, 5) is 11.8. The standard InChI is InChI=1S/C17H23N5O/c1-2-14-20-21-15-9-8-12(11-22(14)15)10-19-16(17(18)23)13-6-4-3-5-7-13/h3-7,12,16,19H,2,8-11H2,1H3,(H2,18,23)/t12-,16+/m1/s1. The monoisotopic (exact) mass is 313 g/mol. The van der Waals surface area contributed by atoms with E-state index in [2.05, 4.69) is 27.0 Å². The van der Waals surface area contributed by atoms with E-state index in [1.54, 1.807) is 0 Å². The van der Waals surface area contributed by atoms with Gasteiger partial charge in [0.1, 0.15) is 17.7 Å². The maximum Gasteiger partial charge on any atom is 0.239 e. The molecule has 2 aromatic rings. The van der Waals surface area contributed by atoms with Gasteiger partial charge in [-0.3, -0.25) is 4.79 Å². The van der Waals surface area contributed by atoms with Crippen LogP contribution in [0.15, 0.2) is 30.3 Å². The highest BCUT2D eigenvalue weighted by Gasteiger charge is 2.24. The summed E-state index contributed by atoms with van der Waals surface area (Å²) in [5.74, 6) is 2.23. The lowest BCUT2D eigenvalue weighted by Gasteiger charge is -2.26. The molecule has 0 saturated heterocycles. The summed E-state index contributed by atoms with van der Waals surface area (Å²) in [6.45, 7) is 3.75. The van der Waals surface area contributed by atoms with E-state index in [0.717, 1.165) is 49.6 Å². The maximum atomic E-state index is 11.8. The molecular formula is C17H23N5O. The van der Waals surface area contributed by atoms with E-state index in [9.17, 15) is 4.79 Å². The van der Waals surface area contributed by atoms with Crippen molar-refractivity contribution in [1.29, 1.82) is 0 Å². The first-order valence-corrected chi connectivity index (χ1v) is 8.17. The van der Waals surface area contributed by atoms with Crippen molar-refractivity contribution in [2.24, 2.45) is 11.7 Å². The second kappa shape index (κ2) is 6.91. The molecule has 122 valence electrons. The fourth-order valence-corrected chi connectivity index (χ4v) is 3.19. The van der Waals surface area contributed by atoms with Gasteiger partial charge >= 0.3 is 0 Å². The van der Waals surface area contributed by atoms with Gasteiger partial charge in [-0.15, -0.1) is 10.2 Å². The third kappa shape index (κ3) is 3.42. The number of benzene rings is 1. The summed E-state index contributed by atoms with van der Waals surface area (Å²) in [6, 6.07) is 9.19. The molecule has 2 atom stereocenters. The Morgan fingerprint density at radius 3 is 2.87 bits per heavy atom. The first-order valence-electron chi connectivity index (χ1n) is 8.17. The Balaban J connectivity index is 1.65. The summed E-state index contributed by atoms with van der Waals surface area (Å²) >= 11 is 0. The predicted molar refractivity (Wildman–Crippen MR) is 87.6 cm³/mol. The minimum atomic E-state index is -0.441. The molecule has 0 unspecified atom stereocenters.